The molecule has 0 unspecified atom stereocenters. The molecule has 0 spiro atoms. The van der Waals surface area contributed by atoms with Crippen molar-refractivity contribution >= 4 is 5.97 Å². The summed E-state index contributed by atoms with van der Waals surface area (Å²) in [6.07, 6.45) is 3.57. The average Bonchev–Trinajstić information content (AvgIpc) is 2.46. The maximum absolute atomic E-state index is 10.4. The maximum Gasteiger partial charge on any atom is 0.303 e. The van der Waals surface area contributed by atoms with E-state index in [1.807, 2.05) is 11.6 Å². The Hall–Kier alpha value is -1.32. The molecule has 0 amide bonds. The first-order valence-electron chi connectivity index (χ1n) is 4.88. The number of carbonyl (C=O) groups is 1. The van der Waals surface area contributed by atoms with Crippen molar-refractivity contribution in [1.82, 2.24) is 9.78 Å². The third kappa shape index (κ3) is 2.58. The predicted molar refractivity (Wildman–Crippen MR) is 53.2 cm³/mol. The van der Waals surface area contributed by atoms with Gasteiger partial charge >= 0.3 is 5.97 Å². The van der Waals surface area contributed by atoms with Crippen LogP contribution < -0.4 is 0 Å². The zero-order chi connectivity index (χ0) is 10.6. The van der Waals surface area contributed by atoms with Gasteiger partial charge in [0.05, 0.1) is 6.20 Å². The second-order valence-electron chi connectivity index (χ2n) is 3.37. The number of hydrogen-bond donors (Lipinski definition) is 1. The van der Waals surface area contributed by atoms with Crippen molar-refractivity contribution in [3.05, 3.63) is 17.5 Å². The Kier molecular flexibility index (Phi) is 3.68. The third-order valence-electron chi connectivity index (χ3n) is 2.25. The fourth-order valence-electron chi connectivity index (χ4n) is 1.41. The molecule has 1 N–H and O–H groups in total. The van der Waals surface area contributed by atoms with Gasteiger partial charge in [0, 0.05) is 18.7 Å². The van der Waals surface area contributed by atoms with Crippen LogP contribution >= 0.6 is 0 Å². The van der Waals surface area contributed by atoms with Gasteiger partial charge in [0.1, 0.15) is 0 Å². The van der Waals surface area contributed by atoms with Crippen LogP contribution in [-0.2, 0) is 17.8 Å². The molecule has 0 aliphatic heterocycles. The molecule has 4 heteroatoms. The minimum Gasteiger partial charge on any atom is -0.481 e. The number of nitrogens with zero attached hydrogens (tertiary/aromatic N) is 2. The number of aromatic nitrogens is 2. The summed E-state index contributed by atoms with van der Waals surface area (Å²) in [5.41, 5.74) is 2.13. The van der Waals surface area contributed by atoms with E-state index in [4.69, 9.17) is 5.11 Å². The number of rotatable bonds is 5. The summed E-state index contributed by atoms with van der Waals surface area (Å²) in [6, 6.07) is 0. The first-order chi connectivity index (χ1) is 6.65. The molecule has 14 heavy (non-hydrogen) atoms. The lowest BCUT2D eigenvalue weighted by Gasteiger charge is -2.02. The monoisotopic (exact) mass is 196 g/mol. The Labute approximate surface area is 83.5 Å². The van der Waals surface area contributed by atoms with Gasteiger partial charge in [0.25, 0.3) is 0 Å². The van der Waals surface area contributed by atoms with E-state index < -0.39 is 5.97 Å². The molecular formula is C10H16N2O2. The topological polar surface area (TPSA) is 55.1 Å². The molecule has 1 aromatic heterocycles. The van der Waals surface area contributed by atoms with Gasteiger partial charge in [-0.15, -0.1) is 0 Å². The first-order valence-corrected chi connectivity index (χ1v) is 4.88. The normalized spacial score (nSPS) is 10.4. The van der Waals surface area contributed by atoms with Gasteiger partial charge in [-0.1, -0.05) is 6.92 Å². The predicted octanol–water partition coefficient (Wildman–Crippen LogP) is 1.62. The number of carboxylic acid groups (broad SMARTS) is 1. The number of aliphatic carboxylic acids is 1. The van der Waals surface area contributed by atoms with Gasteiger partial charge in [0.2, 0.25) is 0 Å². The fourth-order valence-corrected chi connectivity index (χ4v) is 1.41. The molecule has 0 aromatic carbocycles. The van der Waals surface area contributed by atoms with Crippen molar-refractivity contribution in [2.24, 2.45) is 0 Å². The van der Waals surface area contributed by atoms with Gasteiger partial charge in [-0.2, -0.15) is 5.10 Å². The Balaban J connectivity index is 2.64. The van der Waals surface area contributed by atoms with Crippen LogP contribution in [0, 0.1) is 6.92 Å². The maximum atomic E-state index is 10.4. The van der Waals surface area contributed by atoms with E-state index in [-0.39, 0.29) is 6.42 Å². The SMILES string of the molecule is CCCn1ncc(CCC(=O)O)c1C. The summed E-state index contributed by atoms with van der Waals surface area (Å²) < 4.78 is 1.93. The molecule has 0 saturated carbocycles. The average molecular weight is 196 g/mol. The van der Waals surface area contributed by atoms with Crippen LogP contribution in [0.1, 0.15) is 31.0 Å². The molecule has 1 aromatic rings. The van der Waals surface area contributed by atoms with E-state index in [0.29, 0.717) is 6.42 Å². The molecule has 1 heterocycles. The summed E-state index contributed by atoms with van der Waals surface area (Å²) >= 11 is 0. The molecule has 4 nitrogen and oxygen atoms in total. The highest BCUT2D eigenvalue weighted by molar-refractivity contribution is 5.67. The highest BCUT2D eigenvalue weighted by Crippen LogP contribution is 2.10. The quantitative estimate of drug-likeness (QED) is 0.778. The van der Waals surface area contributed by atoms with Crippen molar-refractivity contribution in [3.8, 4) is 0 Å². The highest BCUT2D eigenvalue weighted by atomic mass is 16.4. The van der Waals surface area contributed by atoms with E-state index in [0.717, 1.165) is 24.2 Å². The Morgan fingerprint density at radius 2 is 2.36 bits per heavy atom. The van der Waals surface area contributed by atoms with Crippen LogP contribution in [0.25, 0.3) is 0 Å². The van der Waals surface area contributed by atoms with Crippen molar-refractivity contribution in [2.45, 2.75) is 39.7 Å². The van der Waals surface area contributed by atoms with Gasteiger partial charge in [-0.05, 0) is 25.3 Å². The Morgan fingerprint density at radius 3 is 2.93 bits per heavy atom. The Bertz CT molecular complexity index is 318. The highest BCUT2D eigenvalue weighted by Gasteiger charge is 2.07. The van der Waals surface area contributed by atoms with Gasteiger partial charge in [-0.25, -0.2) is 0 Å². The molecule has 0 aliphatic rings. The minimum absolute atomic E-state index is 0.179. The van der Waals surface area contributed by atoms with Crippen LogP contribution in [0.4, 0.5) is 0 Å². The van der Waals surface area contributed by atoms with Crippen molar-refractivity contribution < 1.29 is 9.90 Å². The molecule has 0 saturated heterocycles. The van der Waals surface area contributed by atoms with Crippen molar-refractivity contribution in [1.29, 1.82) is 0 Å². The Morgan fingerprint density at radius 1 is 1.64 bits per heavy atom. The molecule has 0 bridgehead atoms. The molecule has 0 fully saturated rings. The zero-order valence-electron chi connectivity index (χ0n) is 8.66. The number of aryl methyl sites for hydroxylation is 2. The standard InChI is InChI=1S/C10H16N2O2/c1-3-6-12-8(2)9(7-11-12)4-5-10(13)14/h7H,3-6H2,1-2H3,(H,13,14). The van der Waals surface area contributed by atoms with Crippen molar-refractivity contribution in [3.63, 3.8) is 0 Å². The van der Waals surface area contributed by atoms with Crippen LogP contribution in [0.3, 0.4) is 0 Å². The number of carboxylic acids is 1. The molecule has 1 rings (SSSR count). The minimum atomic E-state index is -0.757. The van der Waals surface area contributed by atoms with Crippen LogP contribution in [0.15, 0.2) is 6.20 Å². The molecule has 0 aliphatic carbocycles. The summed E-state index contributed by atoms with van der Waals surface area (Å²) in [7, 11) is 0. The lowest BCUT2D eigenvalue weighted by atomic mass is 10.1. The second kappa shape index (κ2) is 4.79. The zero-order valence-corrected chi connectivity index (χ0v) is 8.66. The van der Waals surface area contributed by atoms with E-state index in [9.17, 15) is 4.79 Å². The van der Waals surface area contributed by atoms with E-state index >= 15 is 0 Å². The summed E-state index contributed by atoms with van der Waals surface area (Å²) in [6.45, 7) is 4.98. The first kappa shape index (κ1) is 10.8. The molecule has 0 radical (unpaired) electrons. The fraction of sp³-hybridized carbons (Fsp3) is 0.600. The van der Waals surface area contributed by atoms with E-state index in [1.54, 1.807) is 6.20 Å². The van der Waals surface area contributed by atoms with E-state index in [2.05, 4.69) is 12.0 Å². The second-order valence-corrected chi connectivity index (χ2v) is 3.37. The third-order valence-corrected chi connectivity index (χ3v) is 2.25. The number of hydrogen-bond acceptors (Lipinski definition) is 2. The molecule has 78 valence electrons. The van der Waals surface area contributed by atoms with Gasteiger partial charge in [-0.3, -0.25) is 9.48 Å². The summed E-state index contributed by atoms with van der Waals surface area (Å²) in [5.74, 6) is -0.757. The lowest BCUT2D eigenvalue weighted by Crippen LogP contribution is -2.02. The van der Waals surface area contributed by atoms with Crippen LogP contribution in [0.5, 0.6) is 0 Å². The molecular weight excluding hydrogens is 180 g/mol. The smallest absolute Gasteiger partial charge is 0.303 e. The lowest BCUT2D eigenvalue weighted by molar-refractivity contribution is -0.136. The summed E-state index contributed by atoms with van der Waals surface area (Å²) in [5, 5.41) is 12.8. The van der Waals surface area contributed by atoms with Crippen LogP contribution in [-0.4, -0.2) is 20.9 Å². The van der Waals surface area contributed by atoms with Crippen molar-refractivity contribution in [2.75, 3.05) is 0 Å². The van der Waals surface area contributed by atoms with Crippen LogP contribution in [0.2, 0.25) is 0 Å². The van der Waals surface area contributed by atoms with Gasteiger partial charge < -0.3 is 5.11 Å². The summed E-state index contributed by atoms with van der Waals surface area (Å²) in [4.78, 5) is 10.4. The largest absolute Gasteiger partial charge is 0.481 e. The van der Waals surface area contributed by atoms with Gasteiger partial charge in [0.15, 0.2) is 0 Å². The molecule has 0 atom stereocenters. The van der Waals surface area contributed by atoms with E-state index in [1.165, 1.54) is 0 Å².